The van der Waals surface area contributed by atoms with Crippen molar-refractivity contribution in [1.82, 2.24) is 4.72 Å². The maximum absolute atomic E-state index is 12.4. The van der Waals surface area contributed by atoms with Crippen molar-refractivity contribution >= 4 is 21.6 Å². The molecule has 1 aliphatic heterocycles. The Hall–Kier alpha value is -2.18. The van der Waals surface area contributed by atoms with Crippen LogP contribution in [-0.2, 0) is 27.7 Å². The first-order valence-corrected chi connectivity index (χ1v) is 9.41. The molecule has 0 fully saturated rings. The fraction of sp³-hybridized carbons (Fsp3) is 0.278. The number of anilines is 1. The summed E-state index contributed by atoms with van der Waals surface area (Å²) in [6.45, 7) is 2.12. The quantitative estimate of drug-likeness (QED) is 0.874. The van der Waals surface area contributed by atoms with Gasteiger partial charge in [-0.05, 0) is 48.6 Å². The molecule has 1 heterocycles. The Morgan fingerprint density at radius 2 is 1.92 bits per heavy atom. The lowest BCUT2D eigenvalue weighted by molar-refractivity contribution is -0.116. The summed E-state index contributed by atoms with van der Waals surface area (Å²) in [5.74, 6) is 0.0428. The first-order chi connectivity index (χ1) is 11.5. The maximum Gasteiger partial charge on any atom is 0.240 e. The molecule has 126 valence electrons. The molecule has 0 radical (unpaired) electrons. The predicted octanol–water partition coefficient (Wildman–Crippen LogP) is 2.40. The Morgan fingerprint density at radius 1 is 1.12 bits per heavy atom. The maximum atomic E-state index is 12.4. The molecule has 2 N–H and O–H groups in total. The van der Waals surface area contributed by atoms with E-state index in [-0.39, 0.29) is 5.91 Å². The number of rotatable bonds is 5. The van der Waals surface area contributed by atoms with Crippen molar-refractivity contribution in [1.29, 1.82) is 0 Å². The fourth-order valence-electron chi connectivity index (χ4n) is 2.86. The van der Waals surface area contributed by atoms with Gasteiger partial charge in [0.25, 0.3) is 0 Å². The van der Waals surface area contributed by atoms with Crippen molar-refractivity contribution in [2.45, 2.75) is 31.1 Å². The van der Waals surface area contributed by atoms with Gasteiger partial charge >= 0.3 is 0 Å². The Balaban J connectivity index is 1.65. The molecule has 2 aromatic carbocycles. The molecule has 0 aromatic heterocycles. The van der Waals surface area contributed by atoms with Gasteiger partial charge in [0, 0.05) is 18.7 Å². The zero-order valence-corrected chi connectivity index (χ0v) is 14.3. The third-order valence-corrected chi connectivity index (χ3v) is 5.78. The van der Waals surface area contributed by atoms with Gasteiger partial charge in [-0.15, -0.1) is 0 Å². The molecule has 0 bridgehead atoms. The normalized spacial score (nSPS) is 14.1. The smallest absolute Gasteiger partial charge is 0.240 e. The molecule has 2 aromatic rings. The molecular formula is C18H20N2O3S. The van der Waals surface area contributed by atoms with E-state index in [1.165, 1.54) is 0 Å². The van der Waals surface area contributed by atoms with Gasteiger partial charge in [-0.1, -0.05) is 30.3 Å². The van der Waals surface area contributed by atoms with Gasteiger partial charge < -0.3 is 5.32 Å². The van der Waals surface area contributed by atoms with Crippen LogP contribution in [0.15, 0.2) is 47.4 Å². The lowest BCUT2D eigenvalue weighted by Gasteiger charge is -2.17. The second-order valence-corrected chi connectivity index (χ2v) is 7.69. The molecule has 24 heavy (non-hydrogen) atoms. The fourth-order valence-corrected chi connectivity index (χ4v) is 4.13. The van der Waals surface area contributed by atoms with E-state index in [2.05, 4.69) is 10.0 Å². The van der Waals surface area contributed by atoms with Crippen LogP contribution in [0.5, 0.6) is 0 Å². The van der Waals surface area contributed by atoms with Crippen LogP contribution in [-0.4, -0.2) is 20.9 Å². The van der Waals surface area contributed by atoms with Crippen LogP contribution < -0.4 is 10.0 Å². The highest BCUT2D eigenvalue weighted by atomic mass is 32.2. The minimum Gasteiger partial charge on any atom is -0.326 e. The van der Waals surface area contributed by atoms with Crippen LogP contribution in [0.3, 0.4) is 0 Å². The lowest BCUT2D eigenvalue weighted by atomic mass is 9.99. The molecule has 1 aliphatic rings. The van der Waals surface area contributed by atoms with E-state index in [1.807, 2.05) is 24.3 Å². The Bertz CT molecular complexity index is 876. The highest BCUT2D eigenvalue weighted by Crippen LogP contribution is 2.23. The van der Waals surface area contributed by atoms with Crippen LogP contribution in [0.2, 0.25) is 0 Å². The molecule has 0 atom stereocenters. The van der Waals surface area contributed by atoms with Gasteiger partial charge in [0.05, 0.1) is 4.90 Å². The average Bonchev–Trinajstić information content (AvgIpc) is 2.55. The van der Waals surface area contributed by atoms with Crippen LogP contribution >= 0.6 is 0 Å². The average molecular weight is 344 g/mol. The summed E-state index contributed by atoms with van der Waals surface area (Å²) >= 11 is 0. The van der Waals surface area contributed by atoms with Crippen molar-refractivity contribution < 1.29 is 13.2 Å². The SMILES string of the molecule is Cc1ccccc1S(=O)(=O)NCCc1ccc2c(c1)CCC(=O)N2. The molecule has 1 amide bonds. The molecule has 5 nitrogen and oxygen atoms in total. The standard InChI is InChI=1S/C18H20N2O3S/c1-13-4-2-3-5-17(13)24(22,23)19-11-10-14-6-8-16-15(12-14)7-9-18(21)20-16/h2-6,8,12,19H,7,9-11H2,1H3,(H,20,21). The number of nitrogens with one attached hydrogen (secondary N) is 2. The van der Waals surface area contributed by atoms with Gasteiger partial charge in [0.15, 0.2) is 0 Å². The minimum atomic E-state index is -3.49. The molecule has 0 aliphatic carbocycles. The van der Waals surface area contributed by atoms with Crippen molar-refractivity contribution in [3.05, 3.63) is 59.2 Å². The topological polar surface area (TPSA) is 75.3 Å². The van der Waals surface area contributed by atoms with E-state index >= 15 is 0 Å². The predicted molar refractivity (Wildman–Crippen MR) is 93.5 cm³/mol. The van der Waals surface area contributed by atoms with Crippen molar-refractivity contribution in [3.63, 3.8) is 0 Å². The van der Waals surface area contributed by atoms with E-state index in [0.717, 1.165) is 28.8 Å². The van der Waals surface area contributed by atoms with E-state index in [4.69, 9.17) is 0 Å². The molecule has 6 heteroatoms. The Kier molecular flexibility index (Phi) is 4.69. The summed E-state index contributed by atoms with van der Waals surface area (Å²) in [5, 5.41) is 2.84. The number of fused-ring (bicyclic) bond motifs is 1. The number of amides is 1. The Morgan fingerprint density at radius 3 is 2.71 bits per heavy atom. The van der Waals surface area contributed by atoms with Gasteiger partial charge in [-0.2, -0.15) is 0 Å². The first-order valence-electron chi connectivity index (χ1n) is 7.93. The Labute approximate surface area is 142 Å². The number of carbonyl (C=O) groups is 1. The van der Waals surface area contributed by atoms with Crippen LogP contribution in [0.25, 0.3) is 0 Å². The summed E-state index contributed by atoms with van der Waals surface area (Å²) in [4.78, 5) is 11.7. The van der Waals surface area contributed by atoms with Gasteiger partial charge in [0.2, 0.25) is 15.9 Å². The summed E-state index contributed by atoms with van der Waals surface area (Å²) in [6.07, 6.45) is 1.83. The summed E-state index contributed by atoms with van der Waals surface area (Å²) in [7, 11) is -3.49. The number of benzene rings is 2. The third-order valence-electron chi connectivity index (χ3n) is 4.15. The van der Waals surface area contributed by atoms with Crippen LogP contribution in [0.1, 0.15) is 23.1 Å². The molecule has 0 saturated heterocycles. The van der Waals surface area contributed by atoms with Gasteiger partial charge in [-0.3, -0.25) is 4.79 Å². The molecule has 0 unspecified atom stereocenters. The molecule has 0 spiro atoms. The second-order valence-electron chi connectivity index (χ2n) is 5.95. The first kappa shape index (κ1) is 16.7. The van der Waals surface area contributed by atoms with E-state index < -0.39 is 10.0 Å². The summed E-state index contributed by atoms with van der Waals surface area (Å²) < 4.78 is 27.4. The second kappa shape index (κ2) is 6.75. The highest BCUT2D eigenvalue weighted by Gasteiger charge is 2.17. The number of hydrogen-bond acceptors (Lipinski definition) is 3. The van der Waals surface area contributed by atoms with Crippen molar-refractivity contribution in [2.24, 2.45) is 0 Å². The summed E-state index contributed by atoms with van der Waals surface area (Å²) in [6, 6.07) is 12.8. The molecule has 3 rings (SSSR count). The molecule has 0 saturated carbocycles. The minimum absolute atomic E-state index is 0.0428. The summed E-state index contributed by atoms with van der Waals surface area (Å²) in [5.41, 5.74) is 3.75. The van der Waals surface area contributed by atoms with Crippen molar-refractivity contribution in [3.8, 4) is 0 Å². The molecular weight excluding hydrogens is 324 g/mol. The van der Waals surface area contributed by atoms with Crippen LogP contribution in [0.4, 0.5) is 5.69 Å². The van der Waals surface area contributed by atoms with E-state index in [1.54, 1.807) is 25.1 Å². The number of carbonyl (C=O) groups excluding carboxylic acids is 1. The highest BCUT2D eigenvalue weighted by molar-refractivity contribution is 7.89. The zero-order valence-electron chi connectivity index (χ0n) is 13.5. The van der Waals surface area contributed by atoms with Gasteiger partial charge in [-0.25, -0.2) is 13.1 Å². The lowest BCUT2D eigenvalue weighted by Crippen LogP contribution is -2.26. The van der Waals surface area contributed by atoms with E-state index in [9.17, 15) is 13.2 Å². The van der Waals surface area contributed by atoms with Crippen LogP contribution in [0, 0.1) is 6.92 Å². The largest absolute Gasteiger partial charge is 0.326 e. The number of sulfonamides is 1. The monoisotopic (exact) mass is 344 g/mol. The third kappa shape index (κ3) is 3.66. The van der Waals surface area contributed by atoms with Crippen molar-refractivity contribution in [2.75, 3.05) is 11.9 Å². The zero-order chi connectivity index (χ0) is 17.2. The van der Waals surface area contributed by atoms with Gasteiger partial charge in [0.1, 0.15) is 0 Å². The van der Waals surface area contributed by atoms with E-state index in [0.29, 0.717) is 24.3 Å². The number of hydrogen-bond donors (Lipinski definition) is 2. The number of aryl methyl sites for hydroxylation is 2.